The van der Waals surface area contributed by atoms with E-state index in [1.807, 2.05) is 7.05 Å². The van der Waals surface area contributed by atoms with Crippen LogP contribution >= 0.6 is 0 Å². The van der Waals surface area contributed by atoms with Crippen LogP contribution in [-0.4, -0.2) is 17.0 Å². The fourth-order valence-corrected chi connectivity index (χ4v) is 1.83. The maximum atomic E-state index is 12.6. The largest absolute Gasteiger partial charge is 0.416 e. The Morgan fingerprint density at radius 2 is 2.11 bits per heavy atom. The number of hydrogen-bond donors (Lipinski definition) is 2. The molecule has 0 saturated heterocycles. The number of benzene rings is 1. The van der Waals surface area contributed by atoms with Crippen LogP contribution in [-0.2, 0) is 19.1 Å². The zero-order chi connectivity index (χ0) is 13.9. The van der Waals surface area contributed by atoms with Crippen molar-refractivity contribution in [2.24, 2.45) is 0 Å². The standard InChI is InChI=1S/C13H14F3N3/c1-17-7-11-8-18-12(19-11)6-9-3-2-4-10(5-9)13(14,15)16/h2-5,8,17H,6-7H2,1H3,(H,18,19). The van der Waals surface area contributed by atoms with Crippen LogP contribution in [0.2, 0.25) is 0 Å². The summed E-state index contributed by atoms with van der Waals surface area (Å²) in [6.07, 6.45) is -2.27. The highest BCUT2D eigenvalue weighted by atomic mass is 19.4. The molecule has 0 aliphatic carbocycles. The van der Waals surface area contributed by atoms with Gasteiger partial charge in [0.15, 0.2) is 0 Å². The lowest BCUT2D eigenvalue weighted by Crippen LogP contribution is -2.06. The number of nitrogens with one attached hydrogen (secondary N) is 2. The molecule has 2 rings (SSSR count). The summed E-state index contributed by atoms with van der Waals surface area (Å²) in [4.78, 5) is 7.21. The lowest BCUT2D eigenvalue weighted by Gasteiger charge is -2.07. The molecule has 0 fully saturated rings. The van der Waals surface area contributed by atoms with Gasteiger partial charge in [-0.1, -0.05) is 18.2 Å². The summed E-state index contributed by atoms with van der Waals surface area (Å²) < 4.78 is 37.7. The summed E-state index contributed by atoms with van der Waals surface area (Å²) in [5.74, 6) is 0.657. The minimum atomic E-state index is -4.31. The first-order chi connectivity index (χ1) is 8.99. The molecule has 1 heterocycles. The molecule has 19 heavy (non-hydrogen) atoms. The van der Waals surface area contributed by atoms with Gasteiger partial charge < -0.3 is 10.3 Å². The quantitative estimate of drug-likeness (QED) is 0.896. The Kier molecular flexibility index (Phi) is 3.90. The Labute approximate surface area is 108 Å². The third-order valence-corrected chi connectivity index (χ3v) is 2.67. The number of alkyl halides is 3. The Hall–Kier alpha value is -1.82. The highest BCUT2D eigenvalue weighted by molar-refractivity contribution is 5.27. The smallest absolute Gasteiger partial charge is 0.345 e. The van der Waals surface area contributed by atoms with Crippen molar-refractivity contribution in [3.8, 4) is 0 Å². The molecule has 0 spiro atoms. The van der Waals surface area contributed by atoms with E-state index in [1.54, 1.807) is 12.3 Å². The van der Waals surface area contributed by atoms with Crippen LogP contribution in [0.3, 0.4) is 0 Å². The van der Waals surface area contributed by atoms with E-state index in [0.717, 1.165) is 17.8 Å². The van der Waals surface area contributed by atoms with Gasteiger partial charge in [0.1, 0.15) is 5.82 Å². The van der Waals surface area contributed by atoms with Crippen LogP contribution < -0.4 is 5.32 Å². The molecule has 0 radical (unpaired) electrons. The second-order valence-corrected chi connectivity index (χ2v) is 4.26. The minimum absolute atomic E-state index is 0.355. The van der Waals surface area contributed by atoms with Crippen LogP contribution in [0.5, 0.6) is 0 Å². The van der Waals surface area contributed by atoms with Crippen molar-refractivity contribution in [3.63, 3.8) is 0 Å². The van der Waals surface area contributed by atoms with Crippen molar-refractivity contribution in [3.05, 3.63) is 53.1 Å². The molecule has 0 atom stereocenters. The van der Waals surface area contributed by atoms with Gasteiger partial charge in [-0.2, -0.15) is 13.2 Å². The van der Waals surface area contributed by atoms with Crippen LogP contribution in [0.1, 0.15) is 22.6 Å². The maximum Gasteiger partial charge on any atom is 0.416 e. The van der Waals surface area contributed by atoms with E-state index in [9.17, 15) is 13.2 Å². The molecule has 0 aliphatic heterocycles. The minimum Gasteiger partial charge on any atom is -0.345 e. The molecule has 102 valence electrons. The predicted molar refractivity (Wildman–Crippen MR) is 65.6 cm³/mol. The van der Waals surface area contributed by atoms with Crippen molar-refractivity contribution in [1.29, 1.82) is 0 Å². The fourth-order valence-electron chi connectivity index (χ4n) is 1.83. The second-order valence-electron chi connectivity index (χ2n) is 4.26. The topological polar surface area (TPSA) is 40.7 Å². The van der Waals surface area contributed by atoms with Gasteiger partial charge in [0.25, 0.3) is 0 Å². The van der Waals surface area contributed by atoms with Gasteiger partial charge in [-0.15, -0.1) is 0 Å². The molecular weight excluding hydrogens is 255 g/mol. The summed E-state index contributed by atoms with van der Waals surface area (Å²) in [6, 6.07) is 5.30. The highest BCUT2D eigenvalue weighted by Crippen LogP contribution is 2.29. The van der Waals surface area contributed by atoms with Crippen molar-refractivity contribution in [2.45, 2.75) is 19.1 Å². The van der Waals surface area contributed by atoms with E-state index in [4.69, 9.17) is 0 Å². The maximum absolute atomic E-state index is 12.6. The third-order valence-electron chi connectivity index (χ3n) is 2.67. The number of rotatable bonds is 4. The normalized spacial score (nSPS) is 11.8. The summed E-state index contributed by atoms with van der Waals surface area (Å²) in [7, 11) is 1.81. The lowest BCUT2D eigenvalue weighted by molar-refractivity contribution is -0.137. The fraction of sp³-hybridized carbons (Fsp3) is 0.308. The summed E-state index contributed by atoms with van der Waals surface area (Å²) in [5, 5.41) is 2.97. The van der Waals surface area contributed by atoms with E-state index in [-0.39, 0.29) is 0 Å². The predicted octanol–water partition coefficient (Wildman–Crippen LogP) is 2.74. The number of nitrogens with zero attached hydrogens (tertiary/aromatic N) is 1. The number of imidazole rings is 1. The number of hydrogen-bond acceptors (Lipinski definition) is 2. The number of halogens is 3. The number of aromatic nitrogens is 2. The van der Waals surface area contributed by atoms with Crippen LogP contribution in [0.4, 0.5) is 13.2 Å². The van der Waals surface area contributed by atoms with Gasteiger partial charge in [0, 0.05) is 24.9 Å². The Morgan fingerprint density at radius 3 is 2.79 bits per heavy atom. The van der Waals surface area contributed by atoms with Crippen LogP contribution in [0.25, 0.3) is 0 Å². The first-order valence-corrected chi connectivity index (χ1v) is 5.82. The molecule has 3 nitrogen and oxygen atoms in total. The Morgan fingerprint density at radius 1 is 1.32 bits per heavy atom. The van der Waals surface area contributed by atoms with Gasteiger partial charge in [-0.3, -0.25) is 0 Å². The zero-order valence-electron chi connectivity index (χ0n) is 10.4. The molecule has 0 saturated carbocycles. The van der Waals surface area contributed by atoms with Gasteiger partial charge >= 0.3 is 6.18 Å². The summed E-state index contributed by atoms with van der Waals surface area (Å²) >= 11 is 0. The average Bonchev–Trinajstić information content (AvgIpc) is 2.76. The van der Waals surface area contributed by atoms with Crippen LogP contribution in [0, 0.1) is 0 Å². The number of H-pyrrole nitrogens is 1. The van der Waals surface area contributed by atoms with E-state index in [1.165, 1.54) is 6.07 Å². The SMILES string of the molecule is CNCc1cnc(Cc2cccc(C(F)(F)F)c2)[nH]1. The van der Waals surface area contributed by atoms with Gasteiger partial charge in [0.05, 0.1) is 5.56 Å². The van der Waals surface area contributed by atoms with E-state index in [2.05, 4.69) is 15.3 Å². The molecule has 0 bridgehead atoms. The van der Waals surface area contributed by atoms with Crippen LogP contribution in [0.15, 0.2) is 30.5 Å². The molecule has 6 heteroatoms. The molecule has 2 aromatic rings. The highest BCUT2D eigenvalue weighted by Gasteiger charge is 2.30. The molecule has 2 N–H and O–H groups in total. The van der Waals surface area contributed by atoms with Gasteiger partial charge in [-0.25, -0.2) is 4.98 Å². The van der Waals surface area contributed by atoms with Crippen molar-refractivity contribution >= 4 is 0 Å². The molecule has 0 unspecified atom stereocenters. The Balaban J connectivity index is 2.14. The van der Waals surface area contributed by atoms with E-state index in [0.29, 0.717) is 24.4 Å². The van der Waals surface area contributed by atoms with Crippen molar-refractivity contribution in [2.75, 3.05) is 7.05 Å². The molecular formula is C13H14F3N3. The monoisotopic (exact) mass is 269 g/mol. The zero-order valence-corrected chi connectivity index (χ0v) is 10.4. The van der Waals surface area contributed by atoms with E-state index < -0.39 is 11.7 Å². The third kappa shape index (κ3) is 3.57. The van der Waals surface area contributed by atoms with Gasteiger partial charge in [-0.05, 0) is 18.7 Å². The first kappa shape index (κ1) is 13.6. The molecule has 0 amide bonds. The number of aromatic amines is 1. The van der Waals surface area contributed by atoms with Gasteiger partial charge in [0.2, 0.25) is 0 Å². The van der Waals surface area contributed by atoms with Crippen molar-refractivity contribution in [1.82, 2.24) is 15.3 Å². The summed E-state index contributed by atoms with van der Waals surface area (Å²) in [6.45, 7) is 0.648. The first-order valence-electron chi connectivity index (χ1n) is 5.82. The molecule has 1 aromatic heterocycles. The average molecular weight is 269 g/mol. The van der Waals surface area contributed by atoms with Crippen molar-refractivity contribution < 1.29 is 13.2 Å². The summed E-state index contributed by atoms with van der Waals surface area (Å²) in [5.41, 5.74) is 0.858. The Bertz CT molecular complexity index is 546. The second kappa shape index (κ2) is 5.44. The lowest BCUT2D eigenvalue weighted by atomic mass is 10.1. The molecule has 1 aromatic carbocycles. The van der Waals surface area contributed by atoms with E-state index >= 15 is 0 Å². The molecule has 0 aliphatic rings.